The highest BCUT2D eigenvalue weighted by atomic mass is 35.5. The van der Waals surface area contributed by atoms with E-state index in [1.165, 1.54) is 29.8 Å². The molecule has 3 aromatic carbocycles. The molecule has 0 saturated heterocycles. The lowest BCUT2D eigenvalue weighted by Gasteiger charge is -2.04. The van der Waals surface area contributed by atoms with Crippen molar-refractivity contribution in [3.63, 3.8) is 0 Å². The average molecular weight is 423 g/mol. The first-order chi connectivity index (χ1) is 14.0. The molecule has 0 atom stereocenters. The molecule has 0 saturated carbocycles. The molecular weight excluding hydrogens is 407 g/mol. The lowest BCUT2D eigenvalue weighted by molar-refractivity contribution is -0.111. The first kappa shape index (κ1) is 19.3. The van der Waals surface area contributed by atoms with Crippen LogP contribution in [-0.4, -0.2) is 10.9 Å². The topological polar surface area (TPSA) is 42.0 Å². The van der Waals surface area contributed by atoms with Crippen molar-refractivity contribution >= 4 is 50.8 Å². The van der Waals surface area contributed by atoms with Crippen molar-refractivity contribution in [1.82, 2.24) is 4.98 Å². The van der Waals surface area contributed by atoms with Crippen LogP contribution in [-0.2, 0) is 4.79 Å². The Morgan fingerprint density at radius 3 is 2.69 bits per heavy atom. The average Bonchev–Trinajstić information content (AvgIpc) is 3.11. The number of hydrogen-bond donors (Lipinski definition) is 1. The zero-order chi connectivity index (χ0) is 20.4. The second kappa shape index (κ2) is 8.15. The summed E-state index contributed by atoms with van der Waals surface area (Å²) in [6.45, 7) is 2.06. The normalized spacial score (nSPS) is 11.3. The van der Waals surface area contributed by atoms with Gasteiger partial charge in [0.25, 0.3) is 0 Å². The maximum atomic E-state index is 13.8. The molecule has 0 aliphatic heterocycles. The molecule has 3 nitrogen and oxygen atoms in total. The van der Waals surface area contributed by atoms with E-state index in [0.717, 1.165) is 20.8 Å². The number of carbonyl (C=O) groups excluding carboxylic acids is 1. The van der Waals surface area contributed by atoms with E-state index < -0.39 is 5.82 Å². The molecule has 1 amide bonds. The molecule has 0 unspecified atom stereocenters. The Bertz CT molecular complexity index is 1210. The quantitative estimate of drug-likeness (QED) is 0.371. The van der Waals surface area contributed by atoms with Gasteiger partial charge in [-0.3, -0.25) is 4.79 Å². The minimum Gasteiger partial charge on any atom is -0.323 e. The van der Waals surface area contributed by atoms with Crippen molar-refractivity contribution in [3.05, 3.63) is 88.7 Å². The number of amides is 1. The van der Waals surface area contributed by atoms with Crippen molar-refractivity contribution in [2.75, 3.05) is 5.32 Å². The first-order valence-corrected chi connectivity index (χ1v) is 10.1. The molecule has 4 rings (SSSR count). The van der Waals surface area contributed by atoms with E-state index in [-0.39, 0.29) is 16.5 Å². The molecule has 0 fully saturated rings. The zero-order valence-electron chi connectivity index (χ0n) is 15.4. The lowest BCUT2D eigenvalue weighted by Crippen LogP contribution is -2.07. The smallest absolute Gasteiger partial charge is 0.248 e. The number of nitrogens with zero attached hydrogens (tertiary/aromatic N) is 1. The van der Waals surface area contributed by atoms with Crippen LogP contribution in [0.4, 0.5) is 10.1 Å². The van der Waals surface area contributed by atoms with Gasteiger partial charge in [-0.1, -0.05) is 23.7 Å². The molecule has 1 aromatic heterocycles. The van der Waals surface area contributed by atoms with Crippen LogP contribution in [0.15, 0.2) is 66.7 Å². The minimum absolute atomic E-state index is 0.186. The van der Waals surface area contributed by atoms with E-state index in [1.807, 2.05) is 36.4 Å². The molecule has 144 valence electrons. The van der Waals surface area contributed by atoms with Gasteiger partial charge in [-0.2, -0.15) is 0 Å². The Morgan fingerprint density at radius 1 is 1.14 bits per heavy atom. The van der Waals surface area contributed by atoms with Gasteiger partial charge in [0.05, 0.1) is 15.2 Å². The van der Waals surface area contributed by atoms with Crippen LogP contribution < -0.4 is 5.32 Å². The fourth-order valence-corrected chi connectivity index (χ4v) is 4.16. The van der Waals surface area contributed by atoms with E-state index >= 15 is 0 Å². The van der Waals surface area contributed by atoms with Crippen molar-refractivity contribution in [1.29, 1.82) is 0 Å². The lowest BCUT2D eigenvalue weighted by atomic mass is 10.2. The summed E-state index contributed by atoms with van der Waals surface area (Å²) in [5.74, 6) is -0.843. The van der Waals surface area contributed by atoms with Crippen molar-refractivity contribution < 1.29 is 9.18 Å². The van der Waals surface area contributed by atoms with Crippen molar-refractivity contribution in [3.8, 4) is 10.6 Å². The number of thiazole rings is 1. The van der Waals surface area contributed by atoms with E-state index in [9.17, 15) is 9.18 Å². The van der Waals surface area contributed by atoms with E-state index in [2.05, 4.69) is 23.3 Å². The highest BCUT2D eigenvalue weighted by Crippen LogP contribution is 2.31. The van der Waals surface area contributed by atoms with Gasteiger partial charge < -0.3 is 5.32 Å². The molecule has 0 aliphatic carbocycles. The van der Waals surface area contributed by atoms with Crippen LogP contribution in [0.5, 0.6) is 0 Å². The van der Waals surface area contributed by atoms with Gasteiger partial charge in [0.15, 0.2) is 0 Å². The van der Waals surface area contributed by atoms with Gasteiger partial charge in [0.1, 0.15) is 10.8 Å². The summed E-state index contributed by atoms with van der Waals surface area (Å²) in [6.07, 6.45) is 2.62. The molecule has 0 bridgehead atoms. The van der Waals surface area contributed by atoms with Crippen molar-refractivity contribution in [2.45, 2.75) is 6.92 Å². The SMILES string of the molecule is Cc1ccc2nc(-c3ccc(NC(=O)C=Cc4c(F)cccc4Cl)cc3)sc2c1. The van der Waals surface area contributed by atoms with Gasteiger partial charge in [0, 0.05) is 22.9 Å². The molecular formula is C23H16ClFN2OS. The van der Waals surface area contributed by atoms with Crippen LogP contribution in [0.2, 0.25) is 5.02 Å². The Hall–Kier alpha value is -3.02. The number of aryl methyl sites for hydroxylation is 1. The molecule has 0 spiro atoms. The monoisotopic (exact) mass is 422 g/mol. The van der Waals surface area contributed by atoms with Crippen LogP contribution in [0.25, 0.3) is 26.9 Å². The largest absolute Gasteiger partial charge is 0.323 e. The third-order valence-corrected chi connectivity index (χ3v) is 5.74. The third kappa shape index (κ3) is 4.36. The summed E-state index contributed by atoms with van der Waals surface area (Å²) in [5, 5.41) is 3.94. The molecule has 1 heterocycles. The standard InChI is InChI=1S/C23H16ClFN2OS/c1-14-5-11-20-21(13-14)29-23(27-20)15-6-8-16(9-7-15)26-22(28)12-10-17-18(24)3-2-4-19(17)25/h2-13H,1H3,(H,26,28). The Labute approximate surface area is 176 Å². The second-order valence-corrected chi connectivity index (χ2v) is 7.96. The molecule has 4 aromatic rings. The molecule has 29 heavy (non-hydrogen) atoms. The first-order valence-electron chi connectivity index (χ1n) is 8.90. The van der Waals surface area contributed by atoms with Gasteiger partial charge in [0.2, 0.25) is 5.91 Å². The number of hydrogen-bond acceptors (Lipinski definition) is 3. The fraction of sp³-hybridized carbons (Fsp3) is 0.0435. The molecule has 6 heteroatoms. The van der Waals surface area contributed by atoms with Crippen LogP contribution in [0.1, 0.15) is 11.1 Å². The maximum Gasteiger partial charge on any atom is 0.248 e. The highest BCUT2D eigenvalue weighted by molar-refractivity contribution is 7.21. The summed E-state index contributed by atoms with van der Waals surface area (Å²) in [5.41, 5.74) is 3.99. The van der Waals surface area contributed by atoms with Gasteiger partial charge in [-0.15, -0.1) is 11.3 Å². The van der Waals surface area contributed by atoms with E-state index in [0.29, 0.717) is 5.69 Å². The van der Waals surface area contributed by atoms with Gasteiger partial charge in [-0.25, -0.2) is 9.37 Å². The van der Waals surface area contributed by atoms with E-state index in [1.54, 1.807) is 17.4 Å². The van der Waals surface area contributed by atoms with Crippen LogP contribution in [0.3, 0.4) is 0 Å². The predicted octanol–water partition coefficient (Wildman–Crippen LogP) is 6.72. The minimum atomic E-state index is -0.475. The predicted molar refractivity (Wildman–Crippen MR) is 119 cm³/mol. The summed E-state index contributed by atoms with van der Waals surface area (Å²) >= 11 is 7.59. The Morgan fingerprint density at radius 2 is 1.93 bits per heavy atom. The zero-order valence-corrected chi connectivity index (χ0v) is 17.0. The fourth-order valence-electron chi connectivity index (χ4n) is 2.86. The second-order valence-electron chi connectivity index (χ2n) is 6.53. The summed E-state index contributed by atoms with van der Waals surface area (Å²) in [7, 11) is 0. The summed E-state index contributed by atoms with van der Waals surface area (Å²) < 4.78 is 14.9. The van der Waals surface area contributed by atoms with Crippen LogP contribution >= 0.6 is 22.9 Å². The summed E-state index contributed by atoms with van der Waals surface area (Å²) in [6, 6.07) is 18.0. The number of halogens is 2. The molecule has 0 aliphatic rings. The van der Waals surface area contributed by atoms with Gasteiger partial charge in [-0.05, 0) is 67.1 Å². The summed E-state index contributed by atoms with van der Waals surface area (Å²) in [4.78, 5) is 16.8. The van der Waals surface area contributed by atoms with Gasteiger partial charge >= 0.3 is 0 Å². The number of carbonyl (C=O) groups is 1. The van der Waals surface area contributed by atoms with Crippen LogP contribution in [0, 0.1) is 12.7 Å². The highest BCUT2D eigenvalue weighted by Gasteiger charge is 2.08. The van der Waals surface area contributed by atoms with E-state index in [4.69, 9.17) is 11.6 Å². The number of rotatable bonds is 4. The maximum absolute atomic E-state index is 13.8. The Kier molecular flexibility index (Phi) is 5.43. The third-order valence-electron chi connectivity index (χ3n) is 4.34. The number of anilines is 1. The van der Waals surface area contributed by atoms with Crippen molar-refractivity contribution in [2.24, 2.45) is 0 Å². The number of nitrogens with one attached hydrogen (secondary N) is 1. The Balaban J connectivity index is 1.47. The number of fused-ring (bicyclic) bond motifs is 1. The molecule has 0 radical (unpaired) electrons. The number of benzene rings is 3. The molecule has 1 N–H and O–H groups in total. The number of aromatic nitrogens is 1.